The molecule has 0 saturated heterocycles. The third kappa shape index (κ3) is 4.78. The molecule has 0 radical (unpaired) electrons. The predicted molar refractivity (Wildman–Crippen MR) is 142 cm³/mol. The van der Waals surface area contributed by atoms with Crippen LogP contribution in [0.2, 0.25) is 0 Å². The van der Waals surface area contributed by atoms with Gasteiger partial charge in [-0.1, -0.05) is 19.1 Å². The lowest BCUT2D eigenvalue weighted by Gasteiger charge is -2.43. The first-order valence-corrected chi connectivity index (χ1v) is 12.0. The topological polar surface area (TPSA) is 49.6 Å². The Morgan fingerprint density at radius 3 is 2.49 bits per heavy atom. The number of hydrogen-bond acceptors (Lipinski definition) is 3. The van der Waals surface area contributed by atoms with Gasteiger partial charge in [0.2, 0.25) is 0 Å². The van der Waals surface area contributed by atoms with E-state index in [1.165, 1.54) is 6.21 Å². The maximum atomic E-state index is 15.1. The van der Waals surface area contributed by atoms with Crippen LogP contribution in [-0.4, -0.2) is 28.8 Å². The van der Waals surface area contributed by atoms with Crippen molar-refractivity contribution in [1.29, 1.82) is 0 Å². The van der Waals surface area contributed by atoms with Gasteiger partial charge in [0.25, 0.3) is 5.91 Å². The van der Waals surface area contributed by atoms with Crippen LogP contribution in [0.5, 0.6) is 0 Å². The molecule has 182 valence electrons. The average molecular weight is 473 g/mol. The monoisotopic (exact) mass is 472 g/mol. The van der Waals surface area contributed by atoms with Crippen LogP contribution >= 0.6 is 0 Å². The van der Waals surface area contributed by atoms with Gasteiger partial charge in [-0.2, -0.15) is 5.10 Å². The van der Waals surface area contributed by atoms with Gasteiger partial charge in [-0.05, 0) is 89.1 Å². The van der Waals surface area contributed by atoms with Crippen molar-refractivity contribution in [2.45, 2.75) is 53.5 Å². The number of halogens is 1. The minimum Gasteiger partial charge on any atom is -0.362 e. The molecule has 0 aliphatic carbocycles. The fraction of sp³-hybridized carbons (Fsp3) is 0.310. The molecule has 4 rings (SSSR count). The lowest BCUT2D eigenvalue weighted by Crippen LogP contribution is -2.45. The Labute approximate surface area is 207 Å². The number of carbonyl (C=O) groups is 1. The number of nitrogens with one attached hydrogen (secondary N) is 1. The Morgan fingerprint density at radius 2 is 1.80 bits per heavy atom. The molecule has 0 unspecified atom stereocenters. The van der Waals surface area contributed by atoms with E-state index in [4.69, 9.17) is 0 Å². The molecular weight excluding hydrogens is 439 g/mol. The molecule has 1 aliphatic rings. The van der Waals surface area contributed by atoms with Crippen LogP contribution in [0.3, 0.4) is 0 Å². The van der Waals surface area contributed by atoms with Gasteiger partial charge in [-0.3, -0.25) is 4.79 Å². The highest BCUT2D eigenvalue weighted by Gasteiger charge is 2.31. The standard InChI is InChI=1S/C29H33FN4O/c1-7-13-33-27-16-26(30)23(15-25(27)19(2)17-29(33,5)6)18-31-32-28(35)22-9-8-10-24(14-22)34-20(3)11-12-21(34)4/h8-12,14-18H,7,13H2,1-6H3,(H,32,35)/b31-18-. The summed E-state index contributed by atoms with van der Waals surface area (Å²) in [6.45, 7) is 13.3. The van der Waals surface area contributed by atoms with E-state index < -0.39 is 0 Å². The zero-order valence-electron chi connectivity index (χ0n) is 21.3. The Balaban J connectivity index is 1.55. The van der Waals surface area contributed by atoms with Gasteiger partial charge in [-0.15, -0.1) is 0 Å². The van der Waals surface area contributed by atoms with Crippen LogP contribution < -0.4 is 10.3 Å². The van der Waals surface area contributed by atoms with Gasteiger partial charge >= 0.3 is 0 Å². The Kier molecular flexibility index (Phi) is 6.66. The van der Waals surface area contributed by atoms with Gasteiger partial charge in [0.05, 0.1) is 11.8 Å². The molecular formula is C29H33FN4O. The third-order valence-corrected chi connectivity index (χ3v) is 6.55. The van der Waals surface area contributed by atoms with E-state index in [1.54, 1.807) is 12.1 Å². The first kappa shape index (κ1) is 24.5. The maximum Gasteiger partial charge on any atom is 0.271 e. The van der Waals surface area contributed by atoms with Crippen LogP contribution in [-0.2, 0) is 0 Å². The van der Waals surface area contributed by atoms with E-state index >= 15 is 4.39 Å². The number of nitrogens with zero attached hydrogens (tertiary/aromatic N) is 3. The largest absolute Gasteiger partial charge is 0.362 e. The van der Waals surface area contributed by atoms with Crippen LogP contribution in [0, 0.1) is 19.7 Å². The predicted octanol–water partition coefficient (Wildman–Crippen LogP) is 6.41. The van der Waals surface area contributed by atoms with Gasteiger partial charge in [-0.25, -0.2) is 9.82 Å². The molecule has 0 fully saturated rings. The fourth-order valence-electron chi connectivity index (χ4n) is 4.93. The lowest BCUT2D eigenvalue weighted by atomic mass is 9.88. The van der Waals surface area contributed by atoms with E-state index in [0.717, 1.165) is 46.9 Å². The van der Waals surface area contributed by atoms with Crippen molar-refractivity contribution < 1.29 is 9.18 Å². The highest BCUT2D eigenvalue weighted by atomic mass is 19.1. The number of rotatable bonds is 6. The number of aromatic nitrogens is 1. The van der Waals surface area contributed by atoms with Crippen molar-refractivity contribution >= 4 is 23.4 Å². The van der Waals surface area contributed by atoms with Gasteiger partial charge in [0, 0.05) is 46.0 Å². The number of benzene rings is 2. The molecule has 0 bridgehead atoms. The van der Waals surface area contributed by atoms with Gasteiger partial charge < -0.3 is 9.47 Å². The van der Waals surface area contributed by atoms with Crippen molar-refractivity contribution in [3.05, 3.63) is 88.5 Å². The van der Waals surface area contributed by atoms with Crippen molar-refractivity contribution in [3.63, 3.8) is 0 Å². The zero-order chi connectivity index (χ0) is 25.3. The molecule has 0 saturated carbocycles. The SMILES string of the molecule is CCCN1c2cc(F)c(/C=N\NC(=O)c3cccc(-n4c(C)ccc4C)c3)cc2C(C)=CC1(C)C. The van der Waals surface area contributed by atoms with E-state index in [0.29, 0.717) is 11.1 Å². The molecule has 0 atom stereocenters. The molecule has 6 heteroatoms. The van der Waals surface area contributed by atoms with E-state index in [-0.39, 0.29) is 17.3 Å². The first-order valence-electron chi connectivity index (χ1n) is 12.0. The van der Waals surface area contributed by atoms with Crippen molar-refractivity contribution in [2.75, 3.05) is 11.4 Å². The van der Waals surface area contributed by atoms with E-state index in [1.807, 2.05) is 57.2 Å². The second-order valence-electron chi connectivity index (χ2n) is 9.72. The van der Waals surface area contributed by atoms with Crippen molar-refractivity contribution in [1.82, 2.24) is 9.99 Å². The van der Waals surface area contributed by atoms with Crippen molar-refractivity contribution in [2.24, 2.45) is 5.10 Å². The fourth-order valence-corrected chi connectivity index (χ4v) is 4.93. The van der Waals surface area contributed by atoms with Gasteiger partial charge in [0.15, 0.2) is 0 Å². The summed E-state index contributed by atoms with van der Waals surface area (Å²) in [7, 11) is 0. The summed E-state index contributed by atoms with van der Waals surface area (Å²) in [5, 5.41) is 4.06. The quantitative estimate of drug-likeness (QED) is 0.333. The summed E-state index contributed by atoms with van der Waals surface area (Å²) < 4.78 is 17.1. The van der Waals surface area contributed by atoms with E-state index in [2.05, 4.69) is 46.8 Å². The summed E-state index contributed by atoms with van der Waals surface area (Å²) >= 11 is 0. The maximum absolute atomic E-state index is 15.1. The molecule has 1 N–H and O–H groups in total. The summed E-state index contributed by atoms with van der Waals surface area (Å²) in [5.74, 6) is -0.718. The van der Waals surface area contributed by atoms with Crippen LogP contribution in [0.4, 0.5) is 10.1 Å². The molecule has 1 aliphatic heterocycles. The van der Waals surface area contributed by atoms with E-state index in [9.17, 15) is 4.79 Å². The molecule has 2 heterocycles. The summed E-state index contributed by atoms with van der Waals surface area (Å²) in [6.07, 6.45) is 4.55. The highest BCUT2D eigenvalue weighted by molar-refractivity contribution is 5.95. The Morgan fingerprint density at radius 1 is 1.09 bits per heavy atom. The molecule has 0 spiro atoms. The smallest absolute Gasteiger partial charge is 0.271 e. The highest BCUT2D eigenvalue weighted by Crippen LogP contribution is 2.40. The molecule has 3 aromatic rings. The zero-order valence-corrected chi connectivity index (χ0v) is 21.3. The van der Waals surface area contributed by atoms with Crippen molar-refractivity contribution in [3.8, 4) is 5.69 Å². The number of fused-ring (bicyclic) bond motifs is 1. The second kappa shape index (κ2) is 9.53. The minimum atomic E-state index is -0.367. The number of hydrogen-bond donors (Lipinski definition) is 1. The normalized spacial score (nSPS) is 14.7. The number of amides is 1. The molecule has 35 heavy (non-hydrogen) atoms. The first-order chi connectivity index (χ1) is 16.6. The number of aryl methyl sites for hydroxylation is 2. The van der Waals surface area contributed by atoms with Crippen LogP contribution in [0.15, 0.2) is 59.7 Å². The summed E-state index contributed by atoms with van der Waals surface area (Å²) in [4.78, 5) is 15.0. The number of hydrazone groups is 1. The lowest BCUT2D eigenvalue weighted by molar-refractivity contribution is 0.0955. The molecule has 1 aromatic heterocycles. The minimum absolute atomic E-state index is 0.185. The van der Waals surface area contributed by atoms with Crippen LogP contribution in [0.25, 0.3) is 11.3 Å². The number of allylic oxidation sites excluding steroid dienone is 1. The summed E-state index contributed by atoms with van der Waals surface area (Å²) in [5.41, 5.74) is 9.23. The van der Waals surface area contributed by atoms with Gasteiger partial charge in [0.1, 0.15) is 5.82 Å². The molecule has 5 nitrogen and oxygen atoms in total. The number of carbonyl (C=O) groups excluding carboxylic acids is 1. The molecule has 1 amide bonds. The second-order valence-corrected chi connectivity index (χ2v) is 9.72. The molecule has 2 aromatic carbocycles. The third-order valence-electron chi connectivity index (χ3n) is 6.55. The summed E-state index contributed by atoms with van der Waals surface area (Å²) in [6, 6.07) is 14.8. The Hall–Kier alpha value is -3.67. The van der Waals surface area contributed by atoms with Crippen LogP contribution in [0.1, 0.15) is 67.0 Å². The Bertz CT molecular complexity index is 1310. The number of anilines is 1. The average Bonchev–Trinajstić information content (AvgIpc) is 3.14.